The van der Waals surface area contributed by atoms with Crippen molar-refractivity contribution in [2.24, 2.45) is 0 Å². The summed E-state index contributed by atoms with van der Waals surface area (Å²) in [6.07, 6.45) is 8.86. The van der Waals surface area contributed by atoms with Gasteiger partial charge in [0.25, 0.3) is 0 Å². The Balaban J connectivity index is 1.04. The van der Waals surface area contributed by atoms with Crippen molar-refractivity contribution in [2.75, 3.05) is 0 Å². The lowest BCUT2D eigenvalue weighted by atomic mass is 10.1. The molecule has 12 aromatic rings. The molecule has 8 aromatic carbocycles. The zero-order valence-electron chi connectivity index (χ0n) is 36.2. The summed E-state index contributed by atoms with van der Waals surface area (Å²) in [5, 5.41) is 3.57. The number of benzene rings is 8. The van der Waals surface area contributed by atoms with E-state index in [-0.39, 0.29) is 5.43 Å². The third kappa shape index (κ3) is 6.41. The average molecular weight is 862 g/mol. The largest absolute Gasteiger partial charge is 0.310 e. The maximum Gasteiger partial charge on any atom is 0.197 e. The minimum atomic E-state index is -0.0206. The molecule has 4 heterocycles. The topological polar surface area (TPSA) is 83.4 Å². The summed E-state index contributed by atoms with van der Waals surface area (Å²) in [7, 11) is 0. The van der Waals surface area contributed by atoms with Crippen molar-refractivity contribution in [1.82, 2.24) is 33.6 Å². The summed E-state index contributed by atoms with van der Waals surface area (Å²) < 4.78 is 6.75. The summed E-state index contributed by atoms with van der Waals surface area (Å²) in [5.41, 5.74) is 12.1. The van der Waals surface area contributed by atoms with E-state index in [0.29, 0.717) is 28.2 Å². The van der Waals surface area contributed by atoms with Gasteiger partial charge in [-0.1, -0.05) is 146 Å². The third-order valence-electron chi connectivity index (χ3n) is 12.9. The first kappa shape index (κ1) is 38.4. The van der Waals surface area contributed by atoms with Crippen LogP contribution in [0.5, 0.6) is 0 Å². The number of imidazole rings is 1. The van der Waals surface area contributed by atoms with Crippen molar-refractivity contribution in [3.05, 3.63) is 223 Å². The van der Waals surface area contributed by atoms with E-state index >= 15 is 0 Å². The van der Waals surface area contributed by atoms with E-state index in [4.69, 9.17) is 19.9 Å². The molecule has 0 aliphatic heterocycles. The SMILES string of the molecule is O=c1c2ccccc2n(-c2ccccc2)c2cc3nc(-c4ccc(-c5nc(-c6ccccc6)nc(-c6ccccc6)n5)cc4)n(-c4ccc5c(c4)c4ccccc4n5C4=CCCC=C4)c3cc12. The predicted molar refractivity (Wildman–Crippen MR) is 272 cm³/mol. The Labute approximate surface area is 384 Å². The molecule has 0 fully saturated rings. The Bertz CT molecular complexity index is 3980. The van der Waals surface area contributed by atoms with Gasteiger partial charge in [-0.3, -0.25) is 9.36 Å². The van der Waals surface area contributed by atoms with Crippen molar-refractivity contribution in [2.45, 2.75) is 12.8 Å². The van der Waals surface area contributed by atoms with Crippen LogP contribution in [0.25, 0.3) is 117 Å². The van der Waals surface area contributed by atoms with Gasteiger partial charge in [-0.15, -0.1) is 0 Å². The number of hydrogen-bond donors (Lipinski definition) is 0. The molecule has 0 spiro atoms. The van der Waals surface area contributed by atoms with Gasteiger partial charge in [0.2, 0.25) is 0 Å². The smallest absolute Gasteiger partial charge is 0.197 e. The Hall–Kier alpha value is -9.01. The van der Waals surface area contributed by atoms with E-state index in [1.54, 1.807) is 0 Å². The number of hydrogen-bond acceptors (Lipinski definition) is 5. The Morgan fingerprint density at radius 2 is 0.940 bits per heavy atom. The van der Waals surface area contributed by atoms with Crippen LogP contribution in [0.3, 0.4) is 0 Å². The summed E-state index contributed by atoms with van der Waals surface area (Å²) in [6.45, 7) is 0. The van der Waals surface area contributed by atoms with Crippen LogP contribution in [0.15, 0.2) is 217 Å². The van der Waals surface area contributed by atoms with E-state index in [9.17, 15) is 4.79 Å². The van der Waals surface area contributed by atoms with Gasteiger partial charge in [-0.2, -0.15) is 0 Å². The van der Waals surface area contributed by atoms with E-state index < -0.39 is 0 Å². The molecule has 8 nitrogen and oxygen atoms in total. The molecule has 1 aliphatic carbocycles. The van der Waals surface area contributed by atoms with Crippen LogP contribution in [-0.2, 0) is 0 Å². The number of rotatable bonds is 7. The monoisotopic (exact) mass is 861 g/mol. The summed E-state index contributed by atoms with van der Waals surface area (Å²) in [4.78, 5) is 35.0. The number of nitrogens with zero attached hydrogens (tertiary/aromatic N) is 7. The fourth-order valence-corrected chi connectivity index (χ4v) is 9.77. The number of para-hydroxylation sites is 3. The van der Waals surface area contributed by atoms with Crippen molar-refractivity contribution >= 4 is 60.3 Å². The molecule has 13 rings (SSSR count). The molecule has 0 saturated carbocycles. The van der Waals surface area contributed by atoms with Gasteiger partial charge in [-0.05, 0) is 79.6 Å². The quantitative estimate of drug-likeness (QED) is 0.149. The first-order valence-corrected chi connectivity index (χ1v) is 22.6. The highest BCUT2D eigenvalue weighted by Crippen LogP contribution is 2.38. The van der Waals surface area contributed by atoms with Crippen molar-refractivity contribution < 1.29 is 0 Å². The Morgan fingerprint density at radius 1 is 0.373 bits per heavy atom. The van der Waals surface area contributed by atoms with Crippen LogP contribution in [0.2, 0.25) is 0 Å². The number of aromatic nitrogens is 7. The lowest BCUT2D eigenvalue weighted by Gasteiger charge is -2.16. The molecule has 0 bridgehead atoms. The normalized spacial score (nSPS) is 12.7. The van der Waals surface area contributed by atoms with Crippen LogP contribution in [0, 0.1) is 0 Å². The lowest BCUT2D eigenvalue weighted by molar-refractivity contribution is 1.02. The van der Waals surface area contributed by atoms with Gasteiger partial charge < -0.3 is 9.13 Å². The highest BCUT2D eigenvalue weighted by Gasteiger charge is 2.22. The highest BCUT2D eigenvalue weighted by atomic mass is 16.1. The van der Waals surface area contributed by atoms with Crippen molar-refractivity contribution in [3.63, 3.8) is 0 Å². The van der Waals surface area contributed by atoms with Crippen LogP contribution in [0.4, 0.5) is 0 Å². The average Bonchev–Trinajstić information content (AvgIpc) is 3.94. The summed E-state index contributed by atoms with van der Waals surface area (Å²) >= 11 is 0. The maximum atomic E-state index is 14.6. The van der Waals surface area contributed by atoms with Crippen LogP contribution >= 0.6 is 0 Å². The van der Waals surface area contributed by atoms with Crippen molar-refractivity contribution in [1.29, 1.82) is 0 Å². The van der Waals surface area contributed by atoms with Gasteiger partial charge in [0, 0.05) is 60.9 Å². The van der Waals surface area contributed by atoms with E-state index in [1.807, 2.05) is 109 Å². The minimum absolute atomic E-state index is 0.0206. The lowest BCUT2D eigenvalue weighted by Crippen LogP contribution is -2.10. The number of fused-ring (bicyclic) bond motifs is 6. The summed E-state index contributed by atoms with van der Waals surface area (Å²) in [5.74, 6) is 2.53. The first-order valence-electron chi connectivity index (χ1n) is 22.6. The minimum Gasteiger partial charge on any atom is -0.310 e. The molecule has 0 saturated heterocycles. The van der Waals surface area contributed by atoms with Gasteiger partial charge in [0.1, 0.15) is 5.82 Å². The molecule has 8 heteroatoms. The molecule has 0 radical (unpaired) electrons. The molecule has 0 amide bonds. The molecule has 0 unspecified atom stereocenters. The third-order valence-corrected chi connectivity index (χ3v) is 12.9. The molecule has 1 aliphatic rings. The standard InChI is InChI=1S/C59H39N7O/c67-55-46-26-14-16-28-51(46)65(43-23-11-4-12-24-43)53-37-49-54(36-48(53)55)66(44-33-34-52-47(35-44)45-25-13-15-27-50(45)64(52)42-21-9-3-10-22-42)59(60-49)41-31-29-40(30-32-41)58-62-56(38-17-5-1-6-18-38)61-57(63-58)39-19-7-2-8-20-39/h1-2,4-9,11-37H,3,10H2. The van der Waals surface area contributed by atoms with Crippen LogP contribution in [0.1, 0.15) is 12.8 Å². The molecule has 0 atom stereocenters. The van der Waals surface area contributed by atoms with Gasteiger partial charge in [0.15, 0.2) is 22.9 Å². The first-order chi connectivity index (χ1) is 33.1. The molecule has 67 heavy (non-hydrogen) atoms. The summed E-state index contributed by atoms with van der Waals surface area (Å²) in [6, 6.07) is 65.8. The zero-order chi connectivity index (χ0) is 44.4. The number of allylic oxidation sites excluding steroid dienone is 4. The molecular weight excluding hydrogens is 823 g/mol. The predicted octanol–water partition coefficient (Wildman–Crippen LogP) is 13.6. The van der Waals surface area contributed by atoms with Gasteiger partial charge in [-0.25, -0.2) is 19.9 Å². The van der Waals surface area contributed by atoms with Crippen molar-refractivity contribution in [3.8, 4) is 56.9 Å². The van der Waals surface area contributed by atoms with Gasteiger partial charge in [0.05, 0.1) is 33.1 Å². The zero-order valence-corrected chi connectivity index (χ0v) is 36.2. The van der Waals surface area contributed by atoms with E-state index in [2.05, 4.69) is 117 Å². The van der Waals surface area contributed by atoms with Crippen LogP contribution < -0.4 is 5.43 Å². The highest BCUT2D eigenvalue weighted by molar-refractivity contribution is 6.11. The second kappa shape index (κ2) is 15.6. The fraction of sp³-hybridized carbons (Fsp3) is 0.0339. The molecular formula is C59H39N7O. The maximum absolute atomic E-state index is 14.6. The second-order valence-electron chi connectivity index (χ2n) is 16.9. The van der Waals surface area contributed by atoms with Gasteiger partial charge >= 0.3 is 0 Å². The number of pyridine rings is 1. The molecule has 316 valence electrons. The van der Waals surface area contributed by atoms with E-state index in [1.165, 1.54) is 11.1 Å². The van der Waals surface area contributed by atoms with E-state index in [0.717, 1.165) is 90.8 Å². The second-order valence-corrected chi connectivity index (χ2v) is 16.9. The molecule has 0 N–H and O–H groups in total. The Morgan fingerprint density at radius 3 is 1.60 bits per heavy atom. The fourth-order valence-electron chi connectivity index (χ4n) is 9.77. The van der Waals surface area contributed by atoms with Crippen LogP contribution in [-0.4, -0.2) is 33.6 Å². The Kier molecular flexibility index (Phi) is 8.96. The molecule has 4 aromatic heterocycles.